The van der Waals surface area contributed by atoms with Crippen LogP contribution in [0.15, 0.2) is 134 Å². The van der Waals surface area contributed by atoms with Crippen molar-refractivity contribution in [2.75, 3.05) is 6.61 Å². The van der Waals surface area contributed by atoms with Gasteiger partial charge < -0.3 is 15.5 Å². The summed E-state index contributed by atoms with van der Waals surface area (Å²) in [6.07, 6.45) is 81.3. The molecule has 0 aromatic heterocycles. The van der Waals surface area contributed by atoms with Crippen LogP contribution in [-0.2, 0) is 4.79 Å². The number of rotatable bonds is 44. The maximum atomic E-state index is 12.4. The Labute approximate surface area is 383 Å². The molecular formula is C58H95NO3. The predicted octanol–water partition coefficient (Wildman–Crippen LogP) is 16.7. The van der Waals surface area contributed by atoms with Crippen molar-refractivity contribution in [1.82, 2.24) is 5.32 Å². The van der Waals surface area contributed by atoms with Gasteiger partial charge in [-0.15, -0.1) is 0 Å². The van der Waals surface area contributed by atoms with E-state index in [0.717, 1.165) is 109 Å². The van der Waals surface area contributed by atoms with Crippen LogP contribution in [0.2, 0.25) is 0 Å². The smallest absolute Gasteiger partial charge is 0.220 e. The molecule has 0 bridgehead atoms. The largest absolute Gasteiger partial charge is 0.394 e. The average Bonchev–Trinajstić information content (AvgIpc) is 3.28. The average molecular weight is 854 g/mol. The number of amides is 1. The van der Waals surface area contributed by atoms with E-state index in [1.54, 1.807) is 0 Å². The molecule has 0 aliphatic heterocycles. The SMILES string of the molecule is CC/C=C\C/C=C\C/C=C\C/C=C\C/C=C\C/C=C\C/C=C\C/C=C\C/C=C\C/C=C\C/C=C\CCCCCCCCCC(=O)NC(CO)C(O)CCCCCCCCCCC. The van der Waals surface area contributed by atoms with Crippen LogP contribution in [0.3, 0.4) is 0 Å². The van der Waals surface area contributed by atoms with Crippen molar-refractivity contribution >= 4 is 5.91 Å². The van der Waals surface area contributed by atoms with Gasteiger partial charge >= 0.3 is 0 Å². The zero-order valence-electron chi connectivity index (χ0n) is 40.1. The first-order chi connectivity index (χ1) is 30.7. The third-order valence-corrected chi connectivity index (χ3v) is 10.7. The molecule has 0 aliphatic carbocycles. The molecule has 0 rings (SSSR count). The number of carbonyl (C=O) groups is 1. The number of aliphatic hydroxyl groups is 2. The fourth-order valence-corrected chi connectivity index (χ4v) is 6.83. The lowest BCUT2D eigenvalue weighted by Gasteiger charge is -2.22. The molecule has 2 unspecified atom stereocenters. The van der Waals surface area contributed by atoms with Gasteiger partial charge in [0.2, 0.25) is 5.91 Å². The second-order valence-electron chi connectivity index (χ2n) is 16.5. The number of allylic oxidation sites excluding steroid dienone is 22. The summed E-state index contributed by atoms with van der Waals surface area (Å²) < 4.78 is 0. The van der Waals surface area contributed by atoms with E-state index in [2.05, 4.69) is 153 Å². The molecule has 0 heterocycles. The summed E-state index contributed by atoms with van der Waals surface area (Å²) in [5, 5.41) is 23.1. The quantitative estimate of drug-likeness (QED) is 0.0422. The minimum absolute atomic E-state index is 0.0514. The van der Waals surface area contributed by atoms with E-state index >= 15 is 0 Å². The highest BCUT2D eigenvalue weighted by molar-refractivity contribution is 5.76. The van der Waals surface area contributed by atoms with Crippen molar-refractivity contribution in [3.63, 3.8) is 0 Å². The Hall–Kier alpha value is -3.47. The predicted molar refractivity (Wildman–Crippen MR) is 275 cm³/mol. The number of nitrogens with one attached hydrogen (secondary N) is 1. The molecule has 0 saturated carbocycles. The van der Waals surface area contributed by atoms with Crippen LogP contribution in [-0.4, -0.2) is 34.9 Å². The summed E-state index contributed by atoms with van der Waals surface area (Å²) in [5.74, 6) is -0.0514. The minimum atomic E-state index is -0.670. The van der Waals surface area contributed by atoms with E-state index in [1.165, 1.54) is 70.6 Å². The molecule has 62 heavy (non-hydrogen) atoms. The third kappa shape index (κ3) is 47.6. The highest BCUT2D eigenvalue weighted by atomic mass is 16.3. The van der Waals surface area contributed by atoms with Crippen molar-refractivity contribution in [3.8, 4) is 0 Å². The van der Waals surface area contributed by atoms with Crippen molar-refractivity contribution in [1.29, 1.82) is 0 Å². The summed E-state index contributed by atoms with van der Waals surface area (Å²) in [6, 6.07) is -0.549. The van der Waals surface area contributed by atoms with E-state index in [1.807, 2.05) is 0 Å². The summed E-state index contributed by atoms with van der Waals surface area (Å²) in [7, 11) is 0. The van der Waals surface area contributed by atoms with Gasteiger partial charge in [0.05, 0.1) is 18.8 Å². The maximum Gasteiger partial charge on any atom is 0.220 e. The fraction of sp³-hybridized carbons (Fsp3) is 0.603. The first kappa shape index (κ1) is 58.5. The maximum absolute atomic E-state index is 12.4. The number of carbonyl (C=O) groups excluding carboxylic acids is 1. The van der Waals surface area contributed by atoms with Gasteiger partial charge in [-0.3, -0.25) is 4.79 Å². The molecule has 0 saturated heterocycles. The Balaban J connectivity index is 3.64. The molecule has 4 heteroatoms. The Morgan fingerprint density at radius 3 is 1.06 bits per heavy atom. The molecule has 1 amide bonds. The van der Waals surface area contributed by atoms with Gasteiger partial charge in [-0.25, -0.2) is 0 Å². The van der Waals surface area contributed by atoms with Crippen LogP contribution in [0.5, 0.6) is 0 Å². The molecule has 0 aromatic carbocycles. The highest BCUT2D eigenvalue weighted by Gasteiger charge is 2.20. The molecule has 3 N–H and O–H groups in total. The fourth-order valence-electron chi connectivity index (χ4n) is 6.83. The molecule has 0 aromatic rings. The number of hydrogen-bond acceptors (Lipinski definition) is 3. The van der Waals surface area contributed by atoms with Gasteiger partial charge in [0.15, 0.2) is 0 Å². The molecule has 0 fully saturated rings. The van der Waals surface area contributed by atoms with E-state index < -0.39 is 12.1 Å². The lowest BCUT2D eigenvalue weighted by atomic mass is 10.0. The Morgan fingerprint density at radius 1 is 0.403 bits per heavy atom. The van der Waals surface area contributed by atoms with Crippen molar-refractivity contribution in [2.45, 2.75) is 219 Å². The van der Waals surface area contributed by atoms with Crippen LogP contribution in [0.25, 0.3) is 0 Å². The van der Waals surface area contributed by atoms with Crippen molar-refractivity contribution in [3.05, 3.63) is 134 Å². The van der Waals surface area contributed by atoms with Gasteiger partial charge in [-0.1, -0.05) is 237 Å². The van der Waals surface area contributed by atoms with Gasteiger partial charge in [0, 0.05) is 6.42 Å². The van der Waals surface area contributed by atoms with Crippen LogP contribution in [0.1, 0.15) is 206 Å². The van der Waals surface area contributed by atoms with Gasteiger partial charge in [-0.05, 0) is 96.3 Å². The highest BCUT2D eigenvalue weighted by Crippen LogP contribution is 2.14. The first-order valence-electron chi connectivity index (χ1n) is 25.4. The molecule has 0 aliphatic rings. The lowest BCUT2D eigenvalue weighted by molar-refractivity contribution is -0.123. The first-order valence-corrected chi connectivity index (χ1v) is 25.4. The van der Waals surface area contributed by atoms with E-state index in [4.69, 9.17) is 0 Å². The summed E-state index contributed by atoms with van der Waals surface area (Å²) in [5.41, 5.74) is 0. The van der Waals surface area contributed by atoms with Crippen LogP contribution < -0.4 is 5.32 Å². The summed E-state index contributed by atoms with van der Waals surface area (Å²) >= 11 is 0. The molecule has 0 spiro atoms. The topological polar surface area (TPSA) is 69.6 Å². The lowest BCUT2D eigenvalue weighted by Crippen LogP contribution is -2.45. The van der Waals surface area contributed by atoms with Crippen molar-refractivity contribution in [2.24, 2.45) is 0 Å². The van der Waals surface area contributed by atoms with E-state index in [9.17, 15) is 15.0 Å². The van der Waals surface area contributed by atoms with Crippen LogP contribution in [0, 0.1) is 0 Å². The zero-order chi connectivity index (χ0) is 44.9. The second kappa shape index (κ2) is 51.9. The Kier molecular flexibility index (Phi) is 49.0. The Bertz CT molecular complexity index is 1290. The minimum Gasteiger partial charge on any atom is -0.394 e. The third-order valence-electron chi connectivity index (χ3n) is 10.7. The molecule has 0 radical (unpaired) electrons. The summed E-state index contributed by atoms with van der Waals surface area (Å²) in [4.78, 5) is 12.4. The monoisotopic (exact) mass is 854 g/mol. The molecule has 350 valence electrons. The van der Waals surface area contributed by atoms with Crippen LogP contribution in [0.4, 0.5) is 0 Å². The van der Waals surface area contributed by atoms with Crippen molar-refractivity contribution < 1.29 is 15.0 Å². The molecule has 2 atom stereocenters. The molecule has 4 nitrogen and oxygen atoms in total. The zero-order valence-corrected chi connectivity index (χ0v) is 40.1. The van der Waals surface area contributed by atoms with Gasteiger partial charge in [0.25, 0.3) is 0 Å². The van der Waals surface area contributed by atoms with E-state index in [0.29, 0.717) is 12.8 Å². The number of aliphatic hydroxyl groups excluding tert-OH is 2. The van der Waals surface area contributed by atoms with Crippen LogP contribution >= 0.6 is 0 Å². The van der Waals surface area contributed by atoms with Gasteiger partial charge in [0.1, 0.15) is 0 Å². The van der Waals surface area contributed by atoms with E-state index in [-0.39, 0.29) is 12.5 Å². The second-order valence-corrected chi connectivity index (χ2v) is 16.5. The number of hydrogen-bond donors (Lipinski definition) is 3. The number of unbranched alkanes of at least 4 members (excludes halogenated alkanes) is 15. The van der Waals surface area contributed by atoms with Gasteiger partial charge in [-0.2, -0.15) is 0 Å². The summed E-state index contributed by atoms with van der Waals surface area (Å²) in [6.45, 7) is 4.20. The molecular weight excluding hydrogens is 759 g/mol. The normalized spacial score (nSPS) is 14.1. The Morgan fingerprint density at radius 2 is 0.710 bits per heavy atom. The standard InChI is InChI=1S/C58H95NO3/c1-3-5-7-9-11-13-14-15-16-17-18-19-20-21-22-23-24-25-26-27-28-29-30-31-32-33-34-35-36-37-38-39-40-41-42-43-44-46-48-50-52-54-58(62)59-56(55-60)57(61)53-51-49-47-45-12-10-8-6-4-2/h5,7,11,13,15-16,18-19,21-22,24-25,27-28,30-31,33-34,36-37,39-40,56-57,60-61H,3-4,6,8-10,12,14,17,20,23,26,29,32,35,38,41-55H2,1-2H3,(H,59,62)/b7-5-,13-11-,16-15-,19-18-,22-21-,25-24-,28-27-,31-30-,34-33-,37-36-,40-39-.